The number of nitrogens with zero attached hydrogens (tertiary/aromatic N) is 2. The molecule has 0 aromatic carbocycles. The van der Waals surface area contributed by atoms with Crippen LogP contribution in [-0.4, -0.2) is 16.0 Å². The summed E-state index contributed by atoms with van der Waals surface area (Å²) in [5.74, 6) is 0.878. The van der Waals surface area contributed by atoms with Crippen molar-refractivity contribution in [3.8, 4) is 0 Å². The first-order chi connectivity index (χ1) is 6.84. The second-order valence-electron chi connectivity index (χ2n) is 3.40. The van der Waals surface area contributed by atoms with Gasteiger partial charge in [0.15, 0.2) is 0 Å². The smallest absolute Gasteiger partial charge is 0.139 e. The van der Waals surface area contributed by atoms with Crippen molar-refractivity contribution in [1.82, 2.24) is 9.97 Å². The Bertz CT molecular complexity index is 478. The monoisotopic (exact) mass is 225 g/mol. The van der Waals surface area contributed by atoms with Crippen molar-refractivity contribution < 1.29 is 0 Å². The topological polar surface area (TPSA) is 37.8 Å². The summed E-state index contributed by atoms with van der Waals surface area (Å²) >= 11 is 7.62. The number of hydrogen-bond acceptors (Lipinski definition) is 4. The number of halogens is 1. The van der Waals surface area contributed by atoms with Crippen molar-refractivity contribution in [3.63, 3.8) is 0 Å². The summed E-state index contributed by atoms with van der Waals surface area (Å²) in [4.78, 5) is 9.35. The quantitative estimate of drug-likeness (QED) is 0.854. The van der Waals surface area contributed by atoms with Gasteiger partial charge in [-0.05, 0) is 12.8 Å². The highest BCUT2D eigenvalue weighted by atomic mass is 35.5. The molecule has 0 radical (unpaired) electrons. The standard InChI is InChI=1S/C9H8ClN3S/c10-6-3-14-9-7(6)8(11-4-12-9)13-5-1-2-5/h3-5H,1-2H2,(H,11,12,13). The summed E-state index contributed by atoms with van der Waals surface area (Å²) < 4.78 is 0. The Morgan fingerprint density at radius 2 is 2.29 bits per heavy atom. The predicted molar refractivity (Wildman–Crippen MR) is 59.1 cm³/mol. The molecule has 2 heterocycles. The van der Waals surface area contributed by atoms with Crippen LogP contribution in [-0.2, 0) is 0 Å². The maximum Gasteiger partial charge on any atom is 0.139 e. The molecule has 0 aliphatic heterocycles. The fourth-order valence-electron chi connectivity index (χ4n) is 1.37. The normalized spacial score (nSPS) is 16.1. The van der Waals surface area contributed by atoms with Gasteiger partial charge in [0.2, 0.25) is 0 Å². The van der Waals surface area contributed by atoms with Crippen molar-refractivity contribution in [2.24, 2.45) is 0 Å². The summed E-state index contributed by atoms with van der Waals surface area (Å²) in [6.07, 6.45) is 4.04. The molecular formula is C9H8ClN3S. The van der Waals surface area contributed by atoms with Gasteiger partial charge >= 0.3 is 0 Å². The Labute approximate surface area is 90.1 Å². The fourth-order valence-corrected chi connectivity index (χ4v) is 2.51. The lowest BCUT2D eigenvalue weighted by molar-refractivity contribution is 1.11. The summed E-state index contributed by atoms with van der Waals surface area (Å²) in [7, 11) is 0. The summed E-state index contributed by atoms with van der Waals surface area (Å²) in [5, 5.41) is 6.97. The highest BCUT2D eigenvalue weighted by Crippen LogP contribution is 2.34. The van der Waals surface area contributed by atoms with Crippen molar-refractivity contribution in [3.05, 3.63) is 16.7 Å². The SMILES string of the molecule is Clc1csc2ncnc(NC3CC3)c12. The van der Waals surface area contributed by atoms with E-state index in [1.807, 2.05) is 5.38 Å². The van der Waals surface area contributed by atoms with Crippen LogP contribution < -0.4 is 5.32 Å². The van der Waals surface area contributed by atoms with Gasteiger partial charge in [0.1, 0.15) is 17.0 Å². The van der Waals surface area contributed by atoms with Gasteiger partial charge in [-0.25, -0.2) is 9.97 Å². The highest BCUT2D eigenvalue weighted by molar-refractivity contribution is 7.17. The van der Waals surface area contributed by atoms with Crippen molar-refractivity contribution >= 4 is 39.0 Å². The molecule has 1 aliphatic carbocycles. The number of nitrogens with one attached hydrogen (secondary N) is 1. The van der Waals surface area contributed by atoms with Crippen LogP contribution in [0.5, 0.6) is 0 Å². The van der Waals surface area contributed by atoms with Crippen LogP contribution in [0.15, 0.2) is 11.7 Å². The number of hydrogen-bond donors (Lipinski definition) is 1. The van der Waals surface area contributed by atoms with Crippen molar-refractivity contribution in [1.29, 1.82) is 0 Å². The molecule has 72 valence electrons. The Balaban J connectivity index is 2.14. The van der Waals surface area contributed by atoms with E-state index in [0.29, 0.717) is 6.04 Å². The van der Waals surface area contributed by atoms with Gasteiger partial charge < -0.3 is 5.32 Å². The van der Waals surface area contributed by atoms with E-state index in [1.54, 1.807) is 17.7 Å². The van der Waals surface area contributed by atoms with Crippen LogP contribution in [0.2, 0.25) is 5.02 Å². The second kappa shape index (κ2) is 3.07. The van der Waals surface area contributed by atoms with E-state index in [4.69, 9.17) is 11.6 Å². The molecule has 2 aromatic rings. The third kappa shape index (κ3) is 1.35. The molecule has 3 nitrogen and oxygen atoms in total. The largest absolute Gasteiger partial charge is 0.367 e. The number of thiophene rings is 1. The molecule has 0 saturated heterocycles. The van der Waals surface area contributed by atoms with Gasteiger partial charge in [-0.15, -0.1) is 11.3 Å². The molecule has 1 saturated carbocycles. The van der Waals surface area contributed by atoms with Crippen molar-refractivity contribution in [2.75, 3.05) is 5.32 Å². The lowest BCUT2D eigenvalue weighted by Gasteiger charge is -2.03. The van der Waals surface area contributed by atoms with Crippen LogP contribution in [0, 0.1) is 0 Å². The minimum atomic E-state index is 0.587. The molecule has 0 bridgehead atoms. The average molecular weight is 226 g/mol. The Hall–Kier alpha value is -0.870. The zero-order valence-corrected chi connectivity index (χ0v) is 8.90. The third-order valence-electron chi connectivity index (χ3n) is 2.24. The average Bonchev–Trinajstić information content (AvgIpc) is 2.91. The third-order valence-corrected chi connectivity index (χ3v) is 3.56. The molecule has 1 fully saturated rings. The Kier molecular flexibility index (Phi) is 1.85. The fraction of sp³-hybridized carbons (Fsp3) is 0.333. The highest BCUT2D eigenvalue weighted by Gasteiger charge is 2.23. The van der Waals surface area contributed by atoms with E-state index in [1.165, 1.54) is 12.8 Å². The zero-order valence-electron chi connectivity index (χ0n) is 7.33. The summed E-state index contributed by atoms with van der Waals surface area (Å²) in [5.41, 5.74) is 0. The van der Waals surface area contributed by atoms with Crippen LogP contribution in [0.4, 0.5) is 5.82 Å². The van der Waals surface area contributed by atoms with E-state index >= 15 is 0 Å². The first-order valence-electron chi connectivity index (χ1n) is 4.49. The van der Waals surface area contributed by atoms with Gasteiger partial charge in [-0.3, -0.25) is 0 Å². The molecule has 1 aliphatic rings. The van der Waals surface area contributed by atoms with E-state index in [2.05, 4.69) is 15.3 Å². The van der Waals surface area contributed by atoms with E-state index in [0.717, 1.165) is 21.1 Å². The minimum Gasteiger partial charge on any atom is -0.367 e. The number of rotatable bonds is 2. The molecule has 0 spiro atoms. The molecule has 1 N–H and O–H groups in total. The van der Waals surface area contributed by atoms with Crippen LogP contribution in [0.3, 0.4) is 0 Å². The second-order valence-corrected chi connectivity index (χ2v) is 4.67. The molecule has 14 heavy (non-hydrogen) atoms. The van der Waals surface area contributed by atoms with Gasteiger partial charge in [0.25, 0.3) is 0 Å². The molecule has 2 aromatic heterocycles. The maximum atomic E-state index is 6.07. The first-order valence-corrected chi connectivity index (χ1v) is 5.74. The summed E-state index contributed by atoms with van der Waals surface area (Å²) in [6, 6.07) is 0.587. The van der Waals surface area contributed by atoms with Crippen LogP contribution in [0.1, 0.15) is 12.8 Å². The summed E-state index contributed by atoms with van der Waals surface area (Å²) in [6.45, 7) is 0. The van der Waals surface area contributed by atoms with Gasteiger partial charge in [-0.1, -0.05) is 11.6 Å². The molecule has 0 unspecified atom stereocenters. The zero-order chi connectivity index (χ0) is 9.54. The molecule has 3 rings (SSSR count). The van der Waals surface area contributed by atoms with E-state index in [-0.39, 0.29) is 0 Å². The van der Waals surface area contributed by atoms with Gasteiger partial charge in [0.05, 0.1) is 10.4 Å². The van der Waals surface area contributed by atoms with E-state index < -0.39 is 0 Å². The minimum absolute atomic E-state index is 0.587. The molecule has 0 amide bonds. The maximum absolute atomic E-state index is 6.07. The number of fused-ring (bicyclic) bond motifs is 1. The van der Waals surface area contributed by atoms with Gasteiger partial charge in [0, 0.05) is 11.4 Å². The van der Waals surface area contributed by atoms with Gasteiger partial charge in [-0.2, -0.15) is 0 Å². The molecular weight excluding hydrogens is 218 g/mol. The first kappa shape index (κ1) is 8.44. The van der Waals surface area contributed by atoms with E-state index in [9.17, 15) is 0 Å². The molecule has 5 heteroatoms. The lowest BCUT2D eigenvalue weighted by Crippen LogP contribution is -2.03. The van der Waals surface area contributed by atoms with Crippen LogP contribution in [0.25, 0.3) is 10.2 Å². The Morgan fingerprint density at radius 1 is 1.43 bits per heavy atom. The molecule has 0 atom stereocenters. The Morgan fingerprint density at radius 3 is 3.07 bits per heavy atom. The number of aromatic nitrogens is 2. The number of anilines is 1. The lowest BCUT2D eigenvalue weighted by atomic mass is 10.4. The van der Waals surface area contributed by atoms with Crippen LogP contribution >= 0.6 is 22.9 Å². The predicted octanol–water partition coefficient (Wildman–Crippen LogP) is 2.92. The van der Waals surface area contributed by atoms with Crippen molar-refractivity contribution in [2.45, 2.75) is 18.9 Å².